The van der Waals surface area contributed by atoms with Gasteiger partial charge in [-0.1, -0.05) is 0 Å². The summed E-state index contributed by atoms with van der Waals surface area (Å²) in [5, 5.41) is -2.07. The normalized spacial score (nSPS) is 25.2. The molecule has 1 aliphatic carbocycles. The molecule has 0 radical (unpaired) electrons. The average molecular weight is 159 g/mol. The Kier molecular flexibility index (Phi) is 1.07. The van der Waals surface area contributed by atoms with Crippen molar-refractivity contribution in [1.82, 2.24) is 0 Å². The van der Waals surface area contributed by atoms with Crippen LogP contribution in [-0.4, -0.2) is 13.4 Å². The van der Waals surface area contributed by atoms with Gasteiger partial charge in [-0.25, -0.2) is 12.8 Å². The molecule has 0 spiro atoms. The highest BCUT2D eigenvalue weighted by Gasteiger charge is 2.55. The molecule has 1 saturated carbocycles. The third-order valence-corrected chi connectivity index (χ3v) is 3.19. The van der Waals surface area contributed by atoms with Crippen molar-refractivity contribution >= 4 is 19.7 Å². The number of hydrogen-bond donors (Lipinski definition) is 0. The molecular weight excluding hydrogens is 155 g/mol. The fourth-order valence-electron chi connectivity index (χ4n) is 0.342. The Labute approximate surface area is 51.1 Å². The van der Waals surface area contributed by atoms with Crippen LogP contribution in [0.4, 0.5) is 4.39 Å². The molecule has 1 fully saturated rings. The molecular formula is C3H4ClFO2S. The molecule has 8 heavy (non-hydrogen) atoms. The summed E-state index contributed by atoms with van der Waals surface area (Å²) in [6, 6.07) is 0. The van der Waals surface area contributed by atoms with Gasteiger partial charge in [0.1, 0.15) is 0 Å². The maximum atomic E-state index is 12.3. The van der Waals surface area contributed by atoms with E-state index in [0.717, 1.165) is 0 Å². The van der Waals surface area contributed by atoms with Gasteiger partial charge in [-0.2, -0.15) is 0 Å². The Hall–Kier alpha value is 0.170. The summed E-state index contributed by atoms with van der Waals surface area (Å²) in [7, 11) is 0.745. The predicted octanol–water partition coefficient (Wildman–Crippen LogP) is 1.01. The summed E-state index contributed by atoms with van der Waals surface area (Å²) < 4.78 is 32.5. The van der Waals surface area contributed by atoms with E-state index in [0.29, 0.717) is 0 Å². The lowest BCUT2D eigenvalue weighted by Gasteiger charge is -1.94. The zero-order valence-electron chi connectivity index (χ0n) is 3.89. The van der Waals surface area contributed by atoms with Crippen LogP contribution < -0.4 is 0 Å². The summed E-state index contributed by atoms with van der Waals surface area (Å²) in [5.41, 5.74) is 0. The van der Waals surface area contributed by atoms with Crippen molar-refractivity contribution in [2.24, 2.45) is 0 Å². The third kappa shape index (κ3) is 0.821. The first-order valence-electron chi connectivity index (χ1n) is 2.09. The minimum Gasteiger partial charge on any atom is -0.225 e. The van der Waals surface area contributed by atoms with Gasteiger partial charge in [0.15, 0.2) is 0 Å². The topological polar surface area (TPSA) is 34.1 Å². The number of halogens is 2. The first-order valence-corrected chi connectivity index (χ1v) is 4.40. The van der Waals surface area contributed by atoms with E-state index in [1.807, 2.05) is 0 Å². The van der Waals surface area contributed by atoms with Gasteiger partial charge >= 0.3 is 0 Å². The Morgan fingerprint density at radius 1 is 1.50 bits per heavy atom. The Morgan fingerprint density at radius 2 is 1.88 bits per heavy atom. The molecule has 0 bridgehead atoms. The first-order chi connectivity index (χ1) is 3.46. The van der Waals surface area contributed by atoms with Crippen LogP contribution in [0, 0.1) is 0 Å². The molecule has 1 rings (SSSR count). The predicted molar refractivity (Wildman–Crippen MR) is 27.8 cm³/mol. The van der Waals surface area contributed by atoms with Gasteiger partial charge in [0.25, 0.3) is 9.05 Å². The summed E-state index contributed by atoms with van der Waals surface area (Å²) >= 11 is 0. The number of hydrogen-bond acceptors (Lipinski definition) is 2. The molecule has 0 aromatic heterocycles. The van der Waals surface area contributed by atoms with Gasteiger partial charge in [-0.15, -0.1) is 0 Å². The first kappa shape index (κ1) is 6.29. The summed E-state index contributed by atoms with van der Waals surface area (Å²) in [6.07, 6.45) is 0.109. The van der Waals surface area contributed by atoms with Crippen molar-refractivity contribution in [3.05, 3.63) is 0 Å². The van der Waals surface area contributed by atoms with Crippen molar-refractivity contribution in [3.8, 4) is 0 Å². The van der Waals surface area contributed by atoms with Crippen LogP contribution in [0.2, 0.25) is 0 Å². The zero-order chi connectivity index (χ0) is 6.41. The van der Waals surface area contributed by atoms with Crippen LogP contribution in [-0.2, 0) is 9.05 Å². The van der Waals surface area contributed by atoms with Gasteiger partial charge in [-0.05, 0) is 0 Å². The molecule has 1 aliphatic rings. The lowest BCUT2D eigenvalue weighted by molar-refractivity contribution is 0.409. The highest BCUT2D eigenvalue weighted by atomic mass is 35.7. The van der Waals surface area contributed by atoms with Gasteiger partial charge in [0.2, 0.25) is 5.00 Å². The average Bonchev–Trinajstić information content (AvgIpc) is 2.16. The summed E-state index contributed by atoms with van der Waals surface area (Å²) in [5.74, 6) is 0. The Morgan fingerprint density at radius 3 is 1.88 bits per heavy atom. The van der Waals surface area contributed by atoms with E-state index in [1.165, 1.54) is 0 Å². The molecule has 0 saturated heterocycles. The minimum atomic E-state index is -3.92. The van der Waals surface area contributed by atoms with Gasteiger partial charge in [-0.3, -0.25) is 0 Å². The third-order valence-electron chi connectivity index (χ3n) is 1.08. The van der Waals surface area contributed by atoms with Crippen LogP contribution in [0.25, 0.3) is 0 Å². The van der Waals surface area contributed by atoms with E-state index in [2.05, 4.69) is 10.7 Å². The van der Waals surface area contributed by atoms with E-state index in [-0.39, 0.29) is 12.8 Å². The molecule has 48 valence electrons. The second-order valence-corrected chi connectivity index (χ2v) is 4.65. The molecule has 5 heteroatoms. The van der Waals surface area contributed by atoms with Crippen LogP contribution in [0.3, 0.4) is 0 Å². The quantitative estimate of drug-likeness (QED) is 0.534. The van der Waals surface area contributed by atoms with E-state index < -0.39 is 14.1 Å². The van der Waals surface area contributed by atoms with Crippen LogP contribution in [0.15, 0.2) is 0 Å². The molecule has 0 amide bonds. The summed E-state index contributed by atoms with van der Waals surface area (Å²) in [4.78, 5) is 0. The molecule has 0 aromatic carbocycles. The maximum Gasteiger partial charge on any atom is 0.267 e. The van der Waals surface area contributed by atoms with Crippen molar-refractivity contribution in [2.45, 2.75) is 17.8 Å². The lowest BCUT2D eigenvalue weighted by atomic mass is 10.9. The molecule has 0 unspecified atom stereocenters. The van der Waals surface area contributed by atoms with Crippen molar-refractivity contribution in [1.29, 1.82) is 0 Å². The van der Waals surface area contributed by atoms with Crippen LogP contribution in [0.1, 0.15) is 12.8 Å². The van der Waals surface area contributed by atoms with E-state index in [4.69, 9.17) is 0 Å². The van der Waals surface area contributed by atoms with E-state index in [1.54, 1.807) is 0 Å². The molecule has 0 aliphatic heterocycles. The fourth-order valence-corrected chi connectivity index (χ4v) is 1.39. The van der Waals surface area contributed by atoms with E-state index in [9.17, 15) is 12.8 Å². The fraction of sp³-hybridized carbons (Fsp3) is 1.00. The Balaban J connectivity index is 2.90. The molecule has 0 heterocycles. The zero-order valence-corrected chi connectivity index (χ0v) is 5.47. The molecule has 0 N–H and O–H groups in total. The van der Waals surface area contributed by atoms with Crippen molar-refractivity contribution in [3.63, 3.8) is 0 Å². The van der Waals surface area contributed by atoms with Gasteiger partial charge in [0, 0.05) is 23.5 Å². The van der Waals surface area contributed by atoms with Crippen molar-refractivity contribution < 1.29 is 12.8 Å². The highest BCUT2D eigenvalue weighted by Crippen LogP contribution is 2.46. The second-order valence-electron chi connectivity index (χ2n) is 1.82. The van der Waals surface area contributed by atoms with Gasteiger partial charge < -0.3 is 0 Å². The number of rotatable bonds is 1. The second kappa shape index (κ2) is 1.36. The van der Waals surface area contributed by atoms with E-state index >= 15 is 0 Å². The SMILES string of the molecule is O=S(=O)(Cl)C1(F)CC1. The molecule has 2 nitrogen and oxygen atoms in total. The van der Waals surface area contributed by atoms with Crippen LogP contribution in [0.5, 0.6) is 0 Å². The standard InChI is InChI=1S/C3H4ClFO2S/c4-8(6,7)3(5)1-2-3/h1-2H2. The smallest absolute Gasteiger partial charge is 0.225 e. The van der Waals surface area contributed by atoms with Crippen LogP contribution >= 0.6 is 10.7 Å². The number of alkyl halides is 1. The largest absolute Gasteiger partial charge is 0.267 e. The minimum absolute atomic E-state index is 0.0544. The Bertz CT molecular complexity index is 193. The molecule has 0 aromatic rings. The van der Waals surface area contributed by atoms with Gasteiger partial charge in [0.05, 0.1) is 0 Å². The maximum absolute atomic E-state index is 12.3. The van der Waals surface area contributed by atoms with Crippen molar-refractivity contribution in [2.75, 3.05) is 0 Å². The molecule has 0 atom stereocenters. The summed E-state index contributed by atoms with van der Waals surface area (Å²) in [6.45, 7) is 0. The lowest BCUT2D eigenvalue weighted by Crippen LogP contribution is -2.09. The highest BCUT2D eigenvalue weighted by molar-refractivity contribution is 8.14. The monoisotopic (exact) mass is 158 g/mol.